The molecule has 1 saturated heterocycles. The van der Waals surface area contributed by atoms with Crippen LogP contribution in [-0.4, -0.2) is 52.2 Å². The minimum absolute atomic E-state index is 0.113. The van der Waals surface area contributed by atoms with Gasteiger partial charge < -0.3 is 4.90 Å². The van der Waals surface area contributed by atoms with Gasteiger partial charge in [-0.2, -0.15) is 0 Å². The lowest BCUT2D eigenvalue weighted by Gasteiger charge is -2.37. The number of rotatable bonds is 4. The van der Waals surface area contributed by atoms with Gasteiger partial charge in [0.15, 0.2) is 0 Å². The summed E-state index contributed by atoms with van der Waals surface area (Å²) in [7, 11) is 1.86. The quantitative estimate of drug-likeness (QED) is 0.925. The molecular formula is C17H23N5OS. The van der Waals surface area contributed by atoms with Crippen molar-refractivity contribution in [1.29, 1.82) is 0 Å². The van der Waals surface area contributed by atoms with E-state index in [1.807, 2.05) is 20.0 Å². The molecule has 0 spiro atoms. The number of hydrogen-bond acceptors (Lipinski definition) is 5. The van der Waals surface area contributed by atoms with Crippen molar-refractivity contribution in [3.8, 4) is 0 Å². The summed E-state index contributed by atoms with van der Waals surface area (Å²) in [6.07, 6.45) is 2.14. The zero-order valence-corrected chi connectivity index (χ0v) is 14.9. The summed E-state index contributed by atoms with van der Waals surface area (Å²) in [4.78, 5) is 16.6. The summed E-state index contributed by atoms with van der Waals surface area (Å²) in [5, 5.41) is 12.1. The molecular weight excluding hydrogens is 322 g/mol. The summed E-state index contributed by atoms with van der Waals surface area (Å²) in [6.45, 7) is 4.78. The van der Waals surface area contributed by atoms with Crippen molar-refractivity contribution >= 4 is 22.5 Å². The van der Waals surface area contributed by atoms with Gasteiger partial charge in [0.05, 0.1) is 0 Å². The Labute approximate surface area is 146 Å². The monoisotopic (exact) mass is 345 g/mol. The SMILES string of the molecule is Cc1nnc(NC(=O)N(C)C2CCCN(Cc3ccccc3)C2)s1. The number of aryl methyl sites for hydroxylation is 1. The van der Waals surface area contributed by atoms with E-state index in [1.165, 1.54) is 16.9 Å². The fourth-order valence-electron chi connectivity index (χ4n) is 3.03. The Morgan fingerprint density at radius 3 is 2.88 bits per heavy atom. The number of likely N-dealkylation sites (tertiary alicyclic amines) is 1. The van der Waals surface area contributed by atoms with Crippen LogP contribution in [0.5, 0.6) is 0 Å². The van der Waals surface area contributed by atoms with Crippen LogP contribution < -0.4 is 5.32 Å². The number of likely N-dealkylation sites (N-methyl/N-ethyl adjacent to an activating group) is 1. The second-order valence-electron chi connectivity index (χ2n) is 6.18. The lowest BCUT2D eigenvalue weighted by Crippen LogP contribution is -2.49. The average Bonchev–Trinajstić information content (AvgIpc) is 3.00. The molecule has 1 aliphatic heterocycles. The van der Waals surface area contributed by atoms with E-state index in [4.69, 9.17) is 0 Å². The molecule has 0 bridgehead atoms. The Morgan fingerprint density at radius 2 is 2.17 bits per heavy atom. The van der Waals surface area contributed by atoms with Crippen molar-refractivity contribution in [3.05, 3.63) is 40.9 Å². The second kappa shape index (κ2) is 7.72. The summed E-state index contributed by atoms with van der Waals surface area (Å²) >= 11 is 1.39. The molecule has 1 N–H and O–H groups in total. The lowest BCUT2D eigenvalue weighted by molar-refractivity contribution is 0.127. The third-order valence-electron chi connectivity index (χ3n) is 4.34. The summed E-state index contributed by atoms with van der Waals surface area (Å²) in [5.41, 5.74) is 1.31. The van der Waals surface area contributed by atoms with Crippen LogP contribution in [-0.2, 0) is 6.54 Å². The topological polar surface area (TPSA) is 61.4 Å². The summed E-state index contributed by atoms with van der Waals surface area (Å²) < 4.78 is 0. The van der Waals surface area contributed by atoms with E-state index in [0.29, 0.717) is 5.13 Å². The van der Waals surface area contributed by atoms with E-state index in [1.54, 1.807) is 4.90 Å². The van der Waals surface area contributed by atoms with Gasteiger partial charge in [0, 0.05) is 26.2 Å². The van der Waals surface area contributed by atoms with Crippen LogP contribution >= 0.6 is 11.3 Å². The molecule has 0 aliphatic carbocycles. The van der Waals surface area contributed by atoms with E-state index in [2.05, 4.69) is 44.7 Å². The van der Waals surface area contributed by atoms with E-state index in [0.717, 1.165) is 37.5 Å². The van der Waals surface area contributed by atoms with Gasteiger partial charge in [0.25, 0.3) is 0 Å². The van der Waals surface area contributed by atoms with Crippen molar-refractivity contribution in [2.75, 3.05) is 25.5 Å². The van der Waals surface area contributed by atoms with Crippen molar-refractivity contribution in [3.63, 3.8) is 0 Å². The highest BCUT2D eigenvalue weighted by atomic mass is 32.1. The molecule has 1 atom stereocenters. The molecule has 1 aromatic heterocycles. The highest BCUT2D eigenvalue weighted by molar-refractivity contribution is 7.15. The molecule has 2 amide bonds. The summed E-state index contributed by atoms with van der Waals surface area (Å²) in [5.74, 6) is 0. The first-order valence-electron chi connectivity index (χ1n) is 8.22. The van der Waals surface area contributed by atoms with Gasteiger partial charge in [-0.15, -0.1) is 10.2 Å². The number of benzene rings is 1. The number of piperidine rings is 1. The van der Waals surface area contributed by atoms with Crippen LogP contribution in [0, 0.1) is 6.92 Å². The molecule has 6 nitrogen and oxygen atoms in total. The van der Waals surface area contributed by atoms with Gasteiger partial charge in [-0.25, -0.2) is 4.79 Å². The maximum atomic E-state index is 12.4. The molecule has 0 radical (unpaired) electrons. The number of aromatic nitrogens is 2. The molecule has 1 aliphatic rings. The number of nitrogens with zero attached hydrogens (tertiary/aromatic N) is 4. The summed E-state index contributed by atoms with van der Waals surface area (Å²) in [6, 6.07) is 10.6. The van der Waals surface area contributed by atoms with Gasteiger partial charge in [0.1, 0.15) is 5.01 Å². The Kier molecular flexibility index (Phi) is 5.42. The first-order valence-corrected chi connectivity index (χ1v) is 9.03. The van der Waals surface area contributed by atoms with Gasteiger partial charge in [-0.3, -0.25) is 10.2 Å². The van der Waals surface area contributed by atoms with Crippen LogP contribution in [0.3, 0.4) is 0 Å². The maximum Gasteiger partial charge on any atom is 0.323 e. The zero-order chi connectivity index (χ0) is 16.9. The number of nitrogens with one attached hydrogen (secondary N) is 1. The van der Waals surface area contributed by atoms with Gasteiger partial charge >= 0.3 is 6.03 Å². The van der Waals surface area contributed by atoms with Crippen LogP contribution in [0.4, 0.5) is 9.93 Å². The van der Waals surface area contributed by atoms with E-state index in [-0.39, 0.29) is 12.1 Å². The third kappa shape index (κ3) is 4.30. The van der Waals surface area contributed by atoms with Crippen LogP contribution in [0.25, 0.3) is 0 Å². The van der Waals surface area contributed by atoms with Crippen molar-refractivity contribution in [2.45, 2.75) is 32.4 Å². The van der Waals surface area contributed by atoms with Crippen LogP contribution in [0.2, 0.25) is 0 Å². The number of amides is 2. The minimum atomic E-state index is -0.113. The molecule has 128 valence electrons. The van der Waals surface area contributed by atoms with Crippen LogP contribution in [0.15, 0.2) is 30.3 Å². The first kappa shape index (κ1) is 16.9. The van der Waals surface area contributed by atoms with Gasteiger partial charge in [0.2, 0.25) is 5.13 Å². The number of carbonyl (C=O) groups is 1. The molecule has 1 unspecified atom stereocenters. The zero-order valence-electron chi connectivity index (χ0n) is 14.1. The van der Waals surface area contributed by atoms with Crippen LogP contribution in [0.1, 0.15) is 23.4 Å². The second-order valence-corrected chi connectivity index (χ2v) is 7.37. The van der Waals surface area contributed by atoms with E-state index in [9.17, 15) is 4.79 Å². The molecule has 2 heterocycles. The largest absolute Gasteiger partial charge is 0.323 e. The molecule has 3 rings (SSSR count). The number of hydrogen-bond donors (Lipinski definition) is 1. The molecule has 1 fully saturated rings. The fourth-order valence-corrected chi connectivity index (χ4v) is 3.61. The highest BCUT2D eigenvalue weighted by Gasteiger charge is 2.26. The number of carbonyl (C=O) groups excluding carboxylic acids is 1. The Morgan fingerprint density at radius 1 is 1.38 bits per heavy atom. The van der Waals surface area contributed by atoms with Gasteiger partial charge in [-0.05, 0) is 31.9 Å². The standard InChI is InChI=1S/C17H23N5OS/c1-13-19-20-16(24-13)18-17(23)21(2)15-9-6-10-22(12-15)11-14-7-4-3-5-8-14/h3-5,7-8,15H,6,9-12H2,1-2H3,(H,18,20,23). The van der Waals surface area contributed by atoms with Crippen molar-refractivity contribution < 1.29 is 4.79 Å². The predicted octanol–water partition coefficient (Wildman–Crippen LogP) is 2.97. The third-order valence-corrected chi connectivity index (χ3v) is 5.09. The minimum Gasteiger partial charge on any atom is -0.323 e. The highest BCUT2D eigenvalue weighted by Crippen LogP contribution is 2.19. The predicted molar refractivity (Wildman–Crippen MR) is 96.2 cm³/mol. The number of urea groups is 1. The molecule has 24 heavy (non-hydrogen) atoms. The van der Waals surface area contributed by atoms with Crippen molar-refractivity contribution in [2.24, 2.45) is 0 Å². The van der Waals surface area contributed by atoms with Gasteiger partial charge in [-0.1, -0.05) is 41.7 Å². The smallest absolute Gasteiger partial charge is 0.323 e. The molecule has 7 heteroatoms. The maximum absolute atomic E-state index is 12.4. The Balaban J connectivity index is 1.56. The normalized spacial score (nSPS) is 18.3. The molecule has 2 aromatic rings. The fraction of sp³-hybridized carbons (Fsp3) is 0.471. The number of anilines is 1. The lowest BCUT2D eigenvalue weighted by atomic mass is 10.0. The van der Waals surface area contributed by atoms with E-state index < -0.39 is 0 Å². The average molecular weight is 345 g/mol. The van der Waals surface area contributed by atoms with Crippen molar-refractivity contribution in [1.82, 2.24) is 20.0 Å². The Bertz CT molecular complexity index is 675. The Hall–Kier alpha value is -1.99. The first-order chi connectivity index (χ1) is 11.6. The van der Waals surface area contributed by atoms with E-state index >= 15 is 0 Å². The molecule has 1 aromatic carbocycles. The molecule has 0 saturated carbocycles.